The van der Waals surface area contributed by atoms with Gasteiger partial charge in [-0.05, 0) is 222 Å². The smallest absolute Gasteiger partial charge is 0.258 e. The number of hydrogen-bond acceptors (Lipinski definition) is 25. The van der Waals surface area contributed by atoms with E-state index in [0.717, 1.165) is 160 Å². The molecule has 10 N–H and O–H groups in total. The van der Waals surface area contributed by atoms with Crippen molar-refractivity contribution in [2.45, 2.75) is 211 Å². The minimum absolute atomic E-state index is 0.00120. The number of anilines is 5. The Morgan fingerprint density at radius 1 is 0.412 bits per heavy atom. The van der Waals surface area contributed by atoms with Gasteiger partial charge in [0.25, 0.3) is 29.5 Å². The third-order valence-corrected chi connectivity index (χ3v) is 27.8. The summed E-state index contributed by atoms with van der Waals surface area (Å²) < 4.78 is 95.2. The third kappa shape index (κ3) is 21.1. The Balaban J connectivity index is 0.000000113. The topological polar surface area (TPSA) is 385 Å². The van der Waals surface area contributed by atoms with Gasteiger partial charge in [0.05, 0.1) is 50.2 Å². The molecule has 0 radical (unpaired) electrons. The average Bonchev–Trinajstić information content (AvgIpc) is 0.732. The number of benzene rings is 5. The van der Waals surface area contributed by atoms with Crippen molar-refractivity contribution >= 4 is 111 Å². The van der Waals surface area contributed by atoms with Gasteiger partial charge in [-0.15, -0.1) is 0 Å². The number of aryl methyl sites for hydroxylation is 4. The molecule has 0 aliphatic heterocycles. The molecule has 27 rings (SSSR count). The largest absolute Gasteiger partial charge is 0.484 e. The molecule has 0 spiro atoms. The molecule has 0 saturated heterocycles. The average molecular weight is 1940 g/mol. The molecule has 5 amide bonds. The molecule has 710 valence electrons. The molecule has 10 bridgehead atoms. The normalized spacial score (nSPS) is 25.9. The minimum Gasteiger partial charge on any atom is -0.484 e. The van der Waals surface area contributed by atoms with Crippen molar-refractivity contribution in [1.82, 2.24) is 81.1 Å². The van der Waals surface area contributed by atoms with Crippen molar-refractivity contribution in [3.05, 3.63) is 242 Å². The van der Waals surface area contributed by atoms with Crippen molar-refractivity contribution in [2.75, 3.05) is 59.6 Å². The number of ether oxygens (including phenoxy) is 5. The van der Waals surface area contributed by atoms with Gasteiger partial charge in [-0.25, -0.2) is 56.4 Å². The summed E-state index contributed by atoms with van der Waals surface area (Å²) in [6.45, 7) is 8.48. The van der Waals surface area contributed by atoms with Crippen LogP contribution in [0.2, 0.25) is 20.1 Å². The minimum atomic E-state index is -1.10. The maximum absolute atomic E-state index is 13.4. The highest BCUT2D eigenvalue weighted by Crippen LogP contribution is 2.65. The Labute approximate surface area is 798 Å². The lowest BCUT2D eigenvalue weighted by molar-refractivity contribution is -0.136. The van der Waals surface area contributed by atoms with Crippen LogP contribution in [0.3, 0.4) is 0 Å². The predicted octanol–water partition coefficient (Wildman–Crippen LogP) is 15.4. The summed E-state index contributed by atoms with van der Waals surface area (Å²) in [4.78, 5) is 99.7. The number of fused-ring (bicyclic) bond motifs is 1. The summed E-state index contributed by atoms with van der Waals surface area (Å²) in [7, 11) is 0. The first-order chi connectivity index (χ1) is 64.9. The Hall–Kier alpha value is -12.8. The number of alkyl halides is 1. The van der Waals surface area contributed by atoms with E-state index in [-0.39, 0.29) is 156 Å². The van der Waals surface area contributed by atoms with E-state index in [2.05, 4.69) is 98.1 Å². The fourth-order valence-corrected chi connectivity index (χ4v) is 21.2. The van der Waals surface area contributed by atoms with E-state index in [1.807, 2.05) is 56.7 Å². The van der Waals surface area contributed by atoms with Crippen LogP contribution in [0.25, 0.3) is 5.52 Å². The van der Waals surface area contributed by atoms with Gasteiger partial charge >= 0.3 is 0 Å². The number of hydrogen-bond donors (Lipinski definition) is 10. The molecule has 16 aliphatic rings. The Morgan fingerprint density at radius 3 is 1.21 bits per heavy atom. The lowest BCUT2D eigenvalue weighted by Crippen LogP contribution is -2.81. The highest BCUT2D eigenvalue weighted by molar-refractivity contribution is 6.32. The van der Waals surface area contributed by atoms with E-state index in [1.165, 1.54) is 92.8 Å². The van der Waals surface area contributed by atoms with Gasteiger partial charge < -0.3 is 76.9 Å². The van der Waals surface area contributed by atoms with Crippen molar-refractivity contribution in [3.63, 3.8) is 0 Å². The summed E-state index contributed by atoms with van der Waals surface area (Å²) in [6.07, 6.45) is 30.9. The molecule has 16 aliphatic carbocycles. The van der Waals surface area contributed by atoms with E-state index >= 15 is 0 Å². The van der Waals surface area contributed by atoms with Gasteiger partial charge in [0.1, 0.15) is 81.2 Å². The summed E-state index contributed by atoms with van der Waals surface area (Å²) >= 11 is 22.9. The van der Waals surface area contributed by atoms with Gasteiger partial charge in [0.2, 0.25) is 5.95 Å². The number of carbonyl (C=O) groups is 5. The van der Waals surface area contributed by atoms with Gasteiger partial charge in [-0.2, -0.15) is 5.10 Å². The molecule has 5 aromatic carbocycles. The second-order valence-corrected chi connectivity index (χ2v) is 40.0. The molecule has 1 unspecified atom stereocenters. The quantitative estimate of drug-likeness (QED) is 0.0175. The molecule has 6 heterocycles. The van der Waals surface area contributed by atoms with Crippen LogP contribution < -0.4 is 76.9 Å². The predicted molar refractivity (Wildman–Crippen MR) is 497 cm³/mol. The lowest BCUT2D eigenvalue weighted by atomic mass is 9.44. The molecule has 40 heteroatoms. The molecule has 31 nitrogen and oxygen atoms in total. The first kappa shape index (κ1) is 93.6. The lowest BCUT2D eigenvalue weighted by Gasteiger charge is -2.70. The number of nitrogens with one attached hydrogen (secondary N) is 10. The van der Waals surface area contributed by atoms with Gasteiger partial charge in [-0.3, -0.25) is 38.9 Å². The second kappa shape index (κ2) is 37.0. The van der Waals surface area contributed by atoms with Crippen molar-refractivity contribution < 1.29 is 69.6 Å². The number of aromatic nitrogens is 11. The SMILES string of the molecule is CC(F)c1cnc(NC23CC(NC(=O)COc4ccc(Cl)c(F)c4)(C2)C3)nc1.Cc1cc(OCC(=O)NC23CC(Nc4cncc(C5CC5)n4)(C2)C3)ccc1Cl.Cc1cc2c(NC34CC(NC(=O)COc5cccc(F)c5)(C3)C4)nccn2n1.Cc1cncc(NC23CC(NC(=O)COc4ccc(Cl)c(F)c4)(C2)C3)n1.Cc1nccnc1NC12CC(NC(=O)COc3ccc(Cl)c(F)c3)(C1)C2. The monoisotopic (exact) mass is 1940 g/mol. The number of rotatable bonds is 32. The third-order valence-electron chi connectivity index (χ3n) is 26.5. The molecule has 16 fully saturated rings. The van der Waals surface area contributed by atoms with Crippen LogP contribution in [-0.2, 0) is 24.0 Å². The Morgan fingerprint density at radius 2 is 0.801 bits per heavy atom. The first-order valence-electron chi connectivity index (χ1n) is 44.6. The van der Waals surface area contributed by atoms with E-state index in [1.54, 1.807) is 61.4 Å². The van der Waals surface area contributed by atoms with Gasteiger partial charge in [-0.1, -0.05) is 52.5 Å². The molecular formula is C96H98Cl4F5N21O10. The Kier molecular flexibility index (Phi) is 25.5. The van der Waals surface area contributed by atoms with Crippen LogP contribution in [0, 0.1) is 51.0 Å². The molecule has 136 heavy (non-hydrogen) atoms. The zero-order valence-electron chi connectivity index (χ0n) is 74.7. The van der Waals surface area contributed by atoms with Crippen molar-refractivity contribution in [3.8, 4) is 28.7 Å². The van der Waals surface area contributed by atoms with E-state index < -0.39 is 23.6 Å². The highest BCUT2D eigenvalue weighted by atomic mass is 35.5. The maximum atomic E-state index is 13.4. The van der Waals surface area contributed by atoms with Gasteiger partial charge in [0.15, 0.2) is 38.9 Å². The van der Waals surface area contributed by atoms with Crippen LogP contribution in [0.15, 0.2) is 165 Å². The molecular weight excluding hydrogens is 1840 g/mol. The van der Waals surface area contributed by atoms with Crippen LogP contribution in [-0.4, -0.2) is 172 Å². The van der Waals surface area contributed by atoms with Crippen LogP contribution in [0.1, 0.15) is 162 Å². The number of amides is 5. The fraction of sp³-hybridized carbons (Fsp3) is 0.406. The zero-order chi connectivity index (χ0) is 95.4. The molecule has 6 aromatic heterocycles. The first-order valence-corrected chi connectivity index (χ1v) is 46.1. The standard InChI is InChI=1S/C21H23ClN4O2.C20H20FN5O2.C19H19ClF2N4O2.2C18H18ClFN4O2/c1-13-6-15(4-5-16(13)22)28-9-19(27)26-21-10-20(11-21,12-21)25-18-8-23-7-17(24-18)14-2-3-14;1-13-7-16-18(22-5-6-26(16)25-13)24-20-10-19(11-20,12-20)23-17(27)9-28-15-4-2-3-14(21)8-15;1-11(21)12-5-23-17(24-6-12)26-19-8-18(9-19,10-19)25-16(27)7-28-13-2-3-14(20)15(22)4-13;1-11-5-21-6-15(22-11)23-17-8-18(9-17,10-17)24-16(25)7-26-12-2-3-13(19)14(20)4-12;1-11-16(22-5-4-21-11)24-18-8-17(9-18,10-18)23-15(25)7-26-12-2-3-13(19)14(20)6-12/h4-8,14H,2-3,9-12H2,1H3,(H,24,25)(H,26,27);2-8H,9-12H2,1H3,(H,22,24)(H,23,27);2-6,11H,7-10H2,1H3,(H,25,27)(H,23,24,26);2-6H,7-10H2,1H3,(H,22,23)(H,24,25);2-6H,7-10H2,1H3,(H,22,24)(H,23,25). The van der Waals surface area contributed by atoms with E-state index in [4.69, 9.17) is 75.1 Å². The number of carbonyl (C=O) groups excluding carboxylic acids is 5. The highest BCUT2D eigenvalue weighted by Gasteiger charge is 2.73. The summed E-state index contributed by atoms with van der Waals surface area (Å²) in [6, 6.07) is 25.4. The Bertz CT molecular complexity index is 6350. The number of nitrogens with zero attached hydrogens (tertiary/aromatic N) is 11. The van der Waals surface area contributed by atoms with Crippen LogP contribution >= 0.6 is 46.4 Å². The number of halogens is 9. The summed E-state index contributed by atoms with van der Waals surface area (Å²) in [5.41, 5.74) is 5.12. The zero-order valence-corrected chi connectivity index (χ0v) is 77.7. The maximum Gasteiger partial charge on any atom is 0.258 e. The molecule has 11 aromatic rings. The van der Waals surface area contributed by atoms with Crippen LogP contribution in [0.4, 0.5) is 51.2 Å². The summed E-state index contributed by atoms with van der Waals surface area (Å²) in [5.74, 6) is 2.97. The van der Waals surface area contributed by atoms with Crippen LogP contribution in [0.5, 0.6) is 28.7 Å². The van der Waals surface area contributed by atoms with E-state index in [9.17, 15) is 45.9 Å². The molecule has 16 saturated carbocycles. The van der Waals surface area contributed by atoms with Gasteiger partial charge in [0, 0.05) is 146 Å². The summed E-state index contributed by atoms with van der Waals surface area (Å²) in [5, 5.41) is 37.6. The van der Waals surface area contributed by atoms with E-state index in [0.29, 0.717) is 34.0 Å². The van der Waals surface area contributed by atoms with Crippen molar-refractivity contribution in [2.24, 2.45) is 0 Å². The second-order valence-electron chi connectivity index (χ2n) is 38.3. The molecule has 1 atom stereocenters. The fourth-order valence-electron chi connectivity index (χ4n) is 20.7. The van der Waals surface area contributed by atoms with Crippen molar-refractivity contribution in [1.29, 1.82) is 0 Å².